The Hall–Kier alpha value is -3.80. The largest absolute Gasteiger partial charge is 0.494 e. The summed E-state index contributed by atoms with van der Waals surface area (Å²) in [4.78, 5) is 28.0. The summed E-state index contributed by atoms with van der Waals surface area (Å²) in [5.74, 6) is 0.629. The van der Waals surface area contributed by atoms with Gasteiger partial charge < -0.3 is 20.3 Å². The number of benzene rings is 3. The topological polar surface area (TPSA) is 70.7 Å². The zero-order valence-corrected chi connectivity index (χ0v) is 18.1. The van der Waals surface area contributed by atoms with Crippen LogP contribution in [0.1, 0.15) is 18.1 Å². The van der Waals surface area contributed by atoms with Gasteiger partial charge in [-0.15, -0.1) is 0 Å². The first-order chi connectivity index (χ1) is 15.6. The third kappa shape index (κ3) is 5.09. The average molecular weight is 430 g/mol. The monoisotopic (exact) mass is 429 g/mol. The smallest absolute Gasteiger partial charge is 0.319 e. The Bertz CT molecular complexity index is 1070. The van der Waals surface area contributed by atoms with Gasteiger partial charge in [0.05, 0.1) is 6.61 Å². The van der Waals surface area contributed by atoms with Crippen molar-refractivity contribution in [3.05, 3.63) is 90.0 Å². The normalized spacial score (nSPS) is 13.2. The summed E-state index contributed by atoms with van der Waals surface area (Å²) in [5.41, 5.74) is 3.69. The number of ether oxygens (including phenoxy) is 1. The first-order valence-corrected chi connectivity index (χ1v) is 10.9. The van der Waals surface area contributed by atoms with E-state index in [4.69, 9.17) is 4.74 Å². The molecule has 3 aromatic rings. The molecule has 1 aliphatic rings. The lowest BCUT2D eigenvalue weighted by Gasteiger charge is -2.25. The third-order valence-electron chi connectivity index (χ3n) is 5.46. The van der Waals surface area contributed by atoms with Gasteiger partial charge in [0, 0.05) is 24.3 Å². The molecule has 2 N–H and O–H groups in total. The van der Waals surface area contributed by atoms with Crippen LogP contribution >= 0.6 is 0 Å². The number of carbonyl (C=O) groups is 2. The summed E-state index contributed by atoms with van der Waals surface area (Å²) in [5, 5.41) is 5.70. The van der Waals surface area contributed by atoms with E-state index in [2.05, 4.69) is 10.6 Å². The van der Waals surface area contributed by atoms with E-state index in [0.717, 1.165) is 29.0 Å². The van der Waals surface area contributed by atoms with Gasteiger partial charge in [-0.2, -0.15) is 0 Å². The van der Waals surface area contributed by atoms with Gasteiger partial charge in [0.2, 0.25) is 5.91 Å². The van der Waals surface area contributed by atoms with Crippen LogP contribution < -0.4 is 20.3 Å². The first kappa shape index (κ1) is 21.4. The second-order valence-electron chi connectivity index (χ2n) is 7.67. The van der Waals surface area contributed by atoms with E-state index in [1.165, 1.54) is 0 Å². The number of rotatable bonds is 7. The van der Waals surface area contributed by atoms with E-state index in [9.17, 15) is 9.59 Å². The van der Waals surface area contributed by atoms with Gasteiger partial charge in [-0.1, -0.05) is 48.5 Å². The van der Waals surface area contributed by atoms with Crippen molar-refractivity contribution in [1.29, 1.82) is 0 Å². The maximum atomic E-state index is 13.5. The van der Waals surface area contributed by atoms with Gasteiger partial charge >= 0.3 is 6.03 Å². The average Bonchev–Trinajstić information content (AvgIpc) is 3.24. The Labute approximate surface area is 188 Å². The second-order valence-corrected chi connectivity index (χ2v) is 7.67. The van der Waals surface area contributed by atoms with Crippen LogP contribution in [-0.2, 0) is 17.6 Å². The Balaban J connectivity index is 1.49. The molecule has 0 bridgehead atoms. The molecule has 0 spiro atoms. The fraction of sp³-hybridized carbons (Fsp3) is 0.231. The van der Waals surface area contributed by atoms with Crippen LogP contribution in [0.3, 0.4) is 0 Å². The van der Waals surface area contributed by atoms with Gasteiger partial charge in [0.15, 0.2) is 0 Å². The summed E-state index contributed by atoms with van der Waals surface area (Å²) in [7, 11) is 0. The number of para-hydroxylation sites is 1. The Morgan fingerprint density at radius 3 is 2.44 bits per heavy atom. The first-order valence-electron chi connectivity index (χ1n) is 10.9. The molecule has 0 fully saturated rings. The Morgan fingerprint density at radius 1 is 0.969 bits per heavy atom. The number of nitrogens with zero attached hydrogens (tertiary/aromatic N) is 1. The van der Waals surface area contributed by atoms with E-state index < -0.39 is 12.1 Å². The molecule has 3 amide bonds. The van der Waals surface area contributed by atoms with Crippen LogP contribution in [0.5, 0.6) is 5.75 Å². The Kier molecular flexibility index (Phi) is 6.70. The molecule has 32 heavy (non-hydrogen) atoms. The standard InChI is InChI=1S/C26H27N3O3/c1-2-32-22-14-12-21(13-15-22)27-26(31)28-23(18-19-8-4-3-5-9-19)25(30)29-17-16-20-10-6-7-11-24(20)29/h3-15,23H,2,16-18H2,1H3,(H2,27,28,31)/t23-/m1/s1. The molecule has 1 heterocycles. The predicted octanol–water partition coefficient (Wildman–Crippen LogP) is 4.41. The molecule has 164 valence electrons. The Morgan fingerprint density at radius 2 is 1.69 bits per heavy atom. The molecule has 6 nitrogen and oxygen atoms in total. The minimum Gasteiger partial charge on any atom is -0.494 e. The lowest BCUT2D eigenvalue weighted by Crippen LogP contribution is -2.50. The number of nitrogens with one attached hydrogen (secondary N) is 2. The highest BCUT2D eigenvalue weighted by atomic mass is 16.5. The molecule has 0 radical (unpaired) electrons. The zero-order chi connectivity index (χ0) is 22.3. The maximum Gasteiger partial charge on any atom is 0.319 e. The van der Waals surface area contributed by atoms with E-state index in [0.29, 0.717) is 25.3 Å². The quantitative estimate of drug-likeness (QED) is 0.585. The number of urea groups is 1. The SMILES string of the molecule is CCOc1ccc(NC(=O)N[C@H](Cc2ccccc2)C(=O)N2CCc3ccccc32)cc1. The fourth-order valence-corrected chi connectivity index (χ4v) is 3.93. The molecule has 6 heteroatoms. The number of hydrogen-bond acceptors (Lipinski definition) is 3. The van der Waals surface area contributed by atoms with E-state index >= 15 is 0 Å². The van der Waals surface area contributed by atoms with Crippen LogP contribution in [0.4, 0.5) is 16.2 Å². The zero-order valence-electron chi connectivity index (χ0n) is 18.1. The van der Waals surface area contributed by atoms with Crippen molar-refractivity contribution < 1.29 is 14.3 Å². The van der Waals surface area contributed by atoms with Crippen LogP contribution in [0.15, 0.2) is 78.9 Å². The molecule has 0 aliphatic carbocycles. The summed E-state index contributed by atoms with van der Waals surface area (Å²) >= 11 is 0. The molecule has 1 aliphatic heterocycles. The van der Waals surface area contributed by atoms with Crippen molar-refractivity contribution in [2.45, 2.75) is 25.8 Å². The van der Waals surface area contributed by atoms with Crippen LogP contribution in [0, 0.1) is 0 Å². The predicted molar refractivity (Wildman–Crippen MR) is 126 cm³/mol. The summed E-state index contributed by atoms with van der Waals surface area (Å²) < 4.78 is 5.44. The van der Waals surface area contributed by atoms with Crippen molar-refractivity contribution in [2.75, 3.05) is 23.4 Å². The highest BCUT2D eigenvalue weighted by Crippen LogP contribution is 2.28. The highest BCUT2D eigenvalue weighted by molar-refractivity contribution is 6.02. The molecule has 0 saturated heterocycles. The van der Waals surface area contributed by atoms with E-state index in [-0.39, 0.29) is 5.91 Å². The molecule has 3 aromatic carbocycles. The lowest BCUT2D eigenvalue weighted by molar-refractivity contribution is -0.120. The second kappa shape index (κ2) is 10.0. The van der Waals surface area contributed by atoms with E-state index in [1.807, 2.05) is 61.5 Å². The fourth-order valence-electron chi connectivity index (χ4n) is 3.93. The minimum absolute atomic E-state index is 0.111. The maximum absolute atomic E-state index is 13.5. The molecule has 0 unspecified atom stereocenters. The number of hydrogen-bond donors (Lipinski definition) is 2. The van der Waals surface area contributed by atoms with Crippen LogP contribution in [0.25, 0.3) is 0 Å². The summed E-state index contributed by atoms with van der Waals surface area (Å²) in [6.45, 7) is 3.12. The van der Waals surface area contributed by atoms with E-state index in [1.54, 1.807) is 29.2 Å². The number of anilines is 2. The third-order valence-corrected chi connectivity index (χ3v) is 5.46. The molecule has 1 atom stereocenters. The number of amides is 3. The van der Waals surface area contributed by atoms with Gasteiger partial charge in [0.25, 0.3) is 0 Å². The van der Waals surface area contributed by atoms with Gasteiger partial charge in [-0.3, -0.25) is 4.79 Å². The molecule has 0 aromatic heterocycles. The van der Waals surface area contributed by atoms with Crippen molar-refractivity contribution in [3.8, 4) is 5.75 Å². The summed E-state index contributed by atoms with van der Waals surface area (Å²) in [6, 6.07) is 23.7. The molecule has 0 saturated carbocycles. The number of fused-ring (bicyclic) bond motifs is 1. The van der Waals surface area contributed by atoms with Crippen molar-refractivity contribution in [2.24, 2.45) is 0 Å². The molecular weight excluding hydrogens is 402 g/mol. The van der Waals surface area contributed by atoms with Crippen molar-refractivity contribution in [1.82, 2.24) is 5.32 Å². The van der Waals surface area contributed by atoms with Gasteiger partial charge in [-0.05, 0) is 54.8 Å². The van der Waals surface area contributed by atoms with Crippen molar-refractivity contribution >= 4 is 23.3 Å². The van der Waals surface area contributed by atoms with Gasteiger partial charge in [0.1, 0.15) is 11.8 Å². The lowest BCUT2D eigenvalue weighted by atomic mass is 10.0. The van der Waals surface area contributed by atoms with Gasteiger partial charge in [-0.25, -0.2) is 4.79 Å². The number of carbonyl (C=O) groups excluding carboxylic acids is 2. The van der Waals surface area contributed by atoms with Crippen molar-refractivity contribution in [3.63, 3.8) is 0 Å². The van der Waals surface area contributed by atoms with Crippen LogP contribution in [-0.4, -0.2) is 31.1 Å². The highest BCUT2D eigenvalue weighted by Gasteiger charge is 2.31. The summed E-state index contributed by atoms with van der Waals surface area (Å²) in [6.07, 6.45) is 1.23. The van der Waals surface area contributed by atoms with Crippen LogP contribution in [0.2, 0.25) is 0 Å². The minimum atomic E-state index is -0.689. The molecule has 4 rings (SSSR count). The molecular formula is C26H27N3O3.